The monoisotopic (exact) mass is 113 g/mol. The maximum Gasteiger partial charge on any atom is 0.0649 e. The van der Waals surface area contributed by atoms with E-state index in [1.165, 1.54) is 23.8 Å². The minimum Gasteiger partial charge on any atom is -0.225 e. The van der Waals surface area contributed by atoms with E-state index in [-0.39, 0.29) is 0 Å². The van der Waals surface area contributed by atoms with Gasteiger partial charge >= 0.3 is 0 Å². The van der Waals surface area contributed by atoms with Gasteiger partial charge in [0.1, 0.15) is 0 Å². The van der Waals surface area contributed by atoms with E-state index in [1.54, 1.807) is 0 Å². The molecule has 2 heteroatoms. The Morgan fingerprint density at radius 1 is 1.50 bits per heavy atom. The molecule has 0 unspecified atom stereocenters. The molecule has 0 aromatic rings. The third-order valence-corrected chi connectivity index (χ3v) is 0.626. The Balaban J connectivity index is 3.84. The Bertz CT molecular complexity index is 116. The third-order valence-electron chi connectivity index (χ3n) is 0.626. The number of allylic oxidation sites excluding steroid dienone is 3. The number of halogens is 1. The van der Waals surface area contributed by atoms with Crippen molar-refractivity contribution in [1.29, 1.82) is 0 Å². The van der Waals surface area contributed by atoms with Gasteiger partial charge in [-0.15, -0.1) is 4.48 Å². The van der Waals surface area contributed by atoms with Crippen molar-refractivity contribution in [2.75, 3.05) is 0 Å². The van der Waals surface area contributed by atoms with Crippen LogP contribution in [0, 0.1) is 0 Å². The SMILES string of the molecule is C=C/C=C(\C=C)NF. The molecule has 0 bridgehead atoms. The minimum atomic E-state index is 0.319. The predicted octanol–water partition coefficient (Wildman–Crippen LogP) is 1.72. The Kier molecular flexibility index (Phi) is 3.58. The summed E-state index contributed by atoms with van der Waals surface area (Å²) in [6.45, 7) is 6.70. The molecule has 0 rings (SSSR count). The molecule has 0 aromatic carbocycles. The van der Waals surface area contributed by atoms with Gasteiger partial charge in [0.15, 0.2) is 0 Å². The van der Waals surface area contributed by atoms with Crippen LogP contribution in [0.25, 0.3) is 0 Å². The largest absolute Gasteiger partial charge is 0.225 e. The van der Waals surface area contributed by atoms with Crippen molar-refractivity contribution in [3.63, 3.8) is 0 Å². The van der Waals surface area contributed by atoms with Crippen molar-refractivity contribution >= 4 is 0 Å². The lowest BCUT2D eigenvalue weighted by atomic mass is 10.4. The van der Waals surface area contributed by atoms with Gasteiger partial charge < -0.3 is 0 Å². The number of hydrogen-bond donors (Lipinski definition) is 1. The van der Waals surface area contributed by atoms with Crippen molar-refractivity contribution in [3.8, 4) is 0 Å². The van der Waals surface area contributed by atoms with E-state index in [0.29, 0.717) is 5.70 Å². The van der Waals surface area contributed by atoms with Crippen molar-refractivity contribution in [2.45, 2.75) is 0 Å². The predicted molar refractivity (Wildman–Crippen MR) is 32.7 cm³/mol. The second-order valence-electron chi connectivity index (χ2n) is 1.16. The molecule has 0 aliphatic rings. The summed E-state index contributed by atoms with van der Waals surface area (Å²) < 4.78 is 11.4. The average Bonchev–Trinajstić information content (AvgIpc) is 1.83. The normalized spacial score (nSPS) is 10.4. The van der Waals surface area contributed by atoms with Crippen LogP contribution >= 0.6 is 0 Å². The highest BCUT2D eigenvalue weighted by Crippen LogP contribution is 1.88. The molecular formula is C6H8FN. The Morgan fingerprint density at radius 2 is 2.12 bits per heavy atom. The van der Waals surface area contributed by atoms with Crippen LogP contribution in [0.15, 0.2) is 37.1 Å². The van der Waals surface area contributed by atoms with Crippen LogP contribution in [0.5, 0.6) is 0 Å². The molecule has 0 radical (unpaired) electrons. The standard InChI is InChI=1S/C6H8FN/c1-3-5-6(4-2)8-7/h3-5,8H,1-2H2/b6-5+. The maximum absolute atomic E-state index is 11.4. The zero-order valence-corrected chi connectivity index (χ0v) is 4.52. The van der Waals surface area contributed by atoms with E-state index in [0.717, 1.165) is 0 Å². The number of hydrogen-bond acceptors (Lipinski definition) is 1. The maximum atomic E-state index is 11.4. The van der Waals surface area contributed by atoms with Crippen LogP contribution in [-0.2, 0) is 0 Å². The molecule has 1 N–H and O–H groups in total. The highest BCUT2D eigenvalue weighted by molar-refractivity contribution is 5.17. The Labute approximate surface area is 48.1 Å². The van der Waals surface area contributed by atoms with Gasteiger partial charge in [0.25, 0.3) is 0 Å². The second kappa shape index (κ2) is 4.12. The van der Waals surface area contributed by atoms with Gasteiger partial charge in [-0.05, 0) is 12.2 Å². The summed E-state index contributed by atoms with van der Waals surface area (Å²) in [4.78, 5) is 0. The summed E-state index contributed by atoms with van der Waals surface area (Å²) in [5.74, 6) is 0. The van der Waals surface area contributed by atoms with Crippen molar-refractivity contribution in [1.82, 2.24) is 5.54 Å². The first kappa shape index (κ1) is 6.95. The Morgan fingerprint density at radius 3 is 2.25 bits per heavy atom. The molecule has 0 atom stereocenters. The first-order valence-electron chi connectivity index (χ1n) is 2.17. The van der Waals surface area contributed by atoms with Crippen LogP contribution in [-0.4, -0.2) is 0 Å². The number of nitrogens with one attached hydrogen (secondary N) is 1. The van der Waals surface area contributed by atoms with E-state index in [1.807, 2.05) is 0 Å². The van der Waals surface area contributed by atoms with Crippen molar-refractivity contribution in [2.24, 2.45) is 0 Å². The molecule has 0 saturated heterocycles. The van der Waals surface area contributed by atoms with E-state index in [9.17, 15) is 4.48 Å². The van der Waals surface area contributed by atoms with Gasteiger partial charge in [0.05, 0.1) is 5.70 Å². The van der Waals surface area contributed by atoms with Gasteiger partial charge in [-0.25, -0.2) is 5.54 Å². The molecule has 0 saturated carbocycles. The van der Waals surface area contributed by atoms with Gasteiger partial charge in [-0.1, -0.05) is 19.2 Å². The van der Waals surface area contributed by atoms with Crippen LogP contribution in [0.2, 0.25) is 0 Å². The van der Waals surface area contributed by atoms with Crippen molar-refractivity contribution < 1.29 is 4.48 Å². The summed E-state index contributed by atoms with van der Waals surface area (Å²) in [6.07, 6.45) is 4.32. The van der Waals surface area contributed by atoms with Gasteiger partial charge in [-0.2, -0.15) is 0 Å². The van der Waals surface area contributed by atoms with E-state index in [2.05, 4.69) is 13.2 Å². The highest BCUT2D eigenvalue weighted by Gasteiger charge is 1.79. The first-order valence-corrected chi connectivity index (χ1v) is 2.17. The van der Waals surface area contributed by atoms with Crippen LogP contribution in [0.4, 0.5) is 4.48 Å². The average molecular weight is 113 g/mol. The lowest BCUT2D eigenvalue weighted by Gasteiger charge is -1.89. The van der Waals surface area contributed by atoms with E-state index in [4.69, 9.17) is 0 Å². The topological polar surface area (TPSA) is 12.0 Å². The fourth-order valence-electron chi connectivity index (χ4n) is 0.265. The number of rotatable bonds is 3. The third kappa shape index (κ3) is 2.18. The summed E-state index contributed by atoms with van der Waals surface area (Å²) in [5, 5.41) is 0. The zero-order chi connectivity index (χ0) is 6.41. The van der Waals surface area contributed by atoms with Gasteiger partial charge in [0.2, 0.25) is 0 Å². The fraction of sp³-hybridized carbons (Fsp3) is 0. The second-order valence-corrected chi connectivity index (χ2v) is 1.16. The molecular weight excluding hydrogens is 105 g/mol. The molecule has 0 spiro atoms. The molecule has 0 heterocycles. The molecule has 8 heavy (non-hydrogen) atoms. The van der Waals surface area contributed by atoms with Crippen LogP contribution < -0.4 is 5.54 Å². The minimum absolute atomic E-state index is 0.319. The summed E-state index contributed by atoms with van der Waals surface area (Å²) in [7, 11) is 0. The lowest BCUT2D eigenvalue weighted by molar-refractivity contribution is 0.392. The molecule has 0 aliphatic carbocycles. The fourth-order valence-corrected chi connectivity index (χ4v) is 0.265. The smallest absolute Gasteiger partial charge is 0.0649 e. The lowest BCUT2D eigenvalue weighted by Crippen LogP contribution is -1.94. The molecule has 0 amide bonds. The molecule has 0 aromatic heterocycles. The van der Waals surface area contributed by atoms with Crippen LogP contribution in [0.1, 0.15) is 0 Å². The summed E-state index contributed by atoms with van der Waals surface area (Å²) in [5.41, 5.74) is 1.74. The molecule has 1 nitrogen and oxygen atoms in total. The van der Waals surface area contributed by atoms with Gasteiger partial charge in [-0.3, -0.25) is 0 Å². The molecule has 0 fully saturated rings. The molecule has 0 aliphatic heterocycles. The first-order chi connectivity index (χ1) is 3.85. The van der Waals surface area contributed by atoms with E-state index >= 15 is 0 Å². The summed E-state index contributed by atoms with van der Waals surface area (Å²) >= 11 is 0. The van der Waals surface area contributed by atoms with E-state index < -0.39 is 0 Å². The Hall–Kier alpha value is -1.05. The zero-order valence-electron chi connectivity index (χ0n) is 4.52. The highest BCUT2D eigenvalue weighted by atomic mass is 19.2. The summed E-state index contributed by atoms with van der Waals surface area (Å²) in [6, 6.07) is 0. The van der Waals surface area contributed by atoms with Crippen molar-refractivity contribution in [3.05, 3.63) is 37.1 Å². The van der Waals surface area contributed by atoms with Gasteiger partial charge in [0, 0.05) is 0 Å². The van der Waals surface area contributed by atoms with Crippen LogP contribution in [0.3, 0.4) is 0 Å². The molecule has 44 valence electrons. The quantitative estimate of drug-likeness (QED) is 0.434.